The normalized spacial score (nSPS) is 12.0. The van der Waals surface area contributed by atoms with Gasteiger partial charge in [0.25, 0.3) is 0 Å². The van der Waals surface area contributed by atoms with Crippen molar-refractivity contribution in [3.05, 3.63) is 23.9 Å². The Kier molecular flexibility index (Phi) is 4.04. The first-order valence-electron chi connectivity index (χ1n) is 2.99. The van der Waals surface area contributed by atoms with Crippen LogP contribution in [0, 0.1) is 0 Å². The largest absolute Gasteiger partial charge is 0.394 e. The molecule has 0 unspecified atom stereocenters. The molecule has 0 radical (unpaired) electrons. The van der Waals surface area contributed by atoms with Crippen molar-refractivity contribution in [2.24, 2.45) is 5.73 Å². The number of allylic oxidation sites excluding steroid dienone is 2. The van der Waals surface area contributed by atoms with Crippen molar-refractivity contribution in [2.45, 2.75) is 6.92 Å². The summed E-state index contributed by atoms with van der Waals surface area (Å²) in [4.78, 5) is 10.4. The van der Waals surface area contributed by atoms with Crippen molar-refractivity contribution >= 4 is 5.91 Å². The summed E-state index contributed by atoms with van der Waals surface area (Å²) in [6.45, 7) is 1.67. The van der Waals surface area contributed by atoms with E-state index >= 15 is 0 Å². The molecule has 0 aliphatic carbocycles. The van der Waals surface area contributed by atoms with Gasteiger partial charge in [0.2, 0.25) is 5.91 Å². The second-order valence-corrected chi connectivity index (χ2v) is 1.86. The molecular weight excluding hydrogens is 128 g/mol. The highest BCUT2D eigenvalue weighted by molar-refractivity contribution is 5.91. The van der Waals surface area contributed by atoms with Gasteiger partial charge in [-0.25, -0.2) is 0 Å². The Morgan fingerprint density at radius 3 is 2.60 bits per heavy atom. The SMILES string of the molecule is CN/C=C\C=C(/C)C(N)=O. The average Bonchev–Trinajstić information content (AvgIpc) is 1.88. The fourth-order valence-corrected chi connectivity index (χ4v) is 0.371. The summed E-state index contributed by atoms with van der Waals surface area (Å²) >= 11 is 0. The zero-order valence-electron chi connectivity index (χ0n) is 6.22. The molecule has 0 spiro atoms. The summed E-state index contributed by atoms with van der Waals surface area (Å²) < 4.78 is 0. The maximum atomic E-state index is 10.4. The van der Waals surface area contributed by atoms with E-state index in [9.17, 15) is 4.79 Å². The van der Waals surface area contributed by atoms with E-state index in [4.69, 9.17) is 5.73 Å². The highest BCUT2D eigenvalue weighted by Gasteiger charge is 1.91. The lowest BCUT2D eigenvalue weighted by Crippen LogP contribution is -2.11. The molecule has 1 amide bonds. The molecule has 10 heavy (non-hydrogen) atoms. The Bertz CT molecular complexity index is 170. The molecule has 0 bridgehead atoms. The van der Waals surface area contributed by atoms with Crippen LogP contribution in [-0.4, -0.2) is 13.0 Å². The van der Waals surface area contributed by atoms with E-state index < -0.39 is 0 Å². The number of hydrogen-bond acceptors (Lipinski definition) is 2. The molecule has 3 nitrogen and oxygen atoms in total. The third-order valence-electron chi connectivity index (χ3n) is 0.998. The van der Waals surface area contributed by atoms with E-state index in [1.165, 1.54) is 0 Å². The Labute approximate surface area is 60.6 Å². The molecule has 0 aromatic carbocycles. The van der Waals surface area contributed by atoms with Crippen LogP contribution < -0.4 is 11.1 Å². The molecule has 0 aromatic heterocycles. The molecule has 3 heteroatoms. The molecular formula is C7H12N2O. The van der Waals surface area contributed by atoms with Crippen LogP contribution in [0.25, 0.3) is 0 Å². The van der Waals surface area contributed by atoms with Gasteiger partial charge in [-0.15, -0.1) is 0 Å². The first-order chi connectivity index (χ1) is 4.68. The Morgan fingerprint density at radius 1 is 1.60 bits per heavy atom. The molecule has 0 saturated carbocycles. The van der Waals surface area contributed by atoms with E-state index in [0.29, 0.717) is 5.57 Å². The highest BCUT2D eigenvalue weighted by atomic mass is 16.1. The van der Waals surface area contributed by atoms with Gasteiger partial charge >= 0.3 is 0 Å². The van der Waals surface area contributed by atoms with E-state index in [1.54, 1.807) is 32.3 Å². The van der Waals surface area contributed by atoms with Crippen LogP contribution >= 0.6 is 0 Å². The third-order valence-corrected chi connectivity index (χ3v) is 0.998. The number of hydrogen-bond donors (Lipinski definition) is 2. The van der Waals surface area contributed by atoms with Crippen molar-refractivity contribution in [1.29, 1.82) is 0 Å². The van der Waals surface area contributed by atoms with Gasteiger partial charge in [0.1, 0.15) is 0 Å². The lowest BCUT2D eigenvalue weighted by molar-refractivity contribution is -0.114. The summed E-state index contributed by atoms with van der Waals surface area (Å²) in [7, 11) is 1.78. The van der Waals surface area contributed by atoms with Gasteiger partial charge in [-0.05, 0) is 19.2 Å². The molecule has 0 aliphatic heterocycles. The lowest BCUT2D eigenvalue weighted by Gasteiger charge is -1.88. The molecule has 0 rings (SSSR count). The van der Waals surface area contributed by atoms with E-state index in [0.717, 1.165) is 0 Å². The lowest BCUT2D eigenvalue weighted by atomic mass is 10.3. The topological polar surface area (TPSA) is 55.1 Å². The molecule has 0 heterocycles. The number of rotatable bonds is 3. The van der Waals surface area contributed by atoms with Gasteiger partial charge in [-0.2, -0.15) is 0 Å². The number of carbonyl (C=O) groups is 1. The summed E-state index contributed by atoms with van der Waals surface area (Å²) in [5.41, 5.74) is 5.50. The molecule has 3 N–H and O–H groups in total. The number of amides is 1. The van der Waals surface area contributed by atoms with Gasteiger partial charge in [0.15, 0.2) is 0 Å². The Hall–Kier alpha value is -1.25. The van der Waals surface area contributed by atoms with Crippen molar-refractivity contribution < 1.29 is 4.79 Å². The van der Waals surface area contributed by atoms with Gasteiger partial charge in [-0.3, -0.25) is 4.79 Å². The van der Waals surface area contributed by atoms with Gasteiger partial charge < -0.3 is 11.1 Å². The first kappa shape index (κ1) is 8.75. The second-order valence-electron chi connectivity index (χ2n) is 1.86. The smallest absolute Gasteiger partial charge is 0.244 e. The summed E-state index contributed by atoms with van der Waals surface area (Å²) in [6, 6.07) is 0. The molecule has 56 valence electrons. The minimum absolute atomic E-state index is 0.388. The minimum Gasteiger partial charge on any atom is -0.394 e. The van der Waals surface area contributed by atoms with E-state index in [2.05, 4.69) is 5.32 Å². The predicted molar refractivity (Wildman–Crippen MR) is 41.2 cm³/mol. The van der Waals surface area contributed by atoms with Gasteiger partial charge in [-0.1, -0.05) is 6.08 Å². The van der Waals surface area contributed by atoms with Crippen LogP contribution in [0.4, 0.5) is 0 Å². The molecule has 0 saturated heterocycles. The van der Waals surface area contributed by atoms with Crippen molar-refractivity contribution in [1.82, 2.24) is 5.32 Å². The summed E-state index contributed by atoms with van der Waals surface area (Å²) in [5, 5.41) is 2.78. The van der Waals surface area contributed by atoms with Crippen LogP contribution in [0.2, 0.25) is 0 Å². The number of carbonyl (C=O) groups excluding carboxylic acids is 1. The van der Waals surface area contributed by atoms with E-state index in [-0.39, 0.29) is 5.91 Å². The monoisotopic (exact) mass is 140 g/mol. The van der Waals surface area contributed by atoms with Crippen molar-refractivity contribution in [3.8, 4) is 0 Å². The maximum absolute atomic E-state index is 10.4. The van der Waals surface area contributed by atoms with Gasteiger partial charge in [0.05, 0.1) is 0 Å². The molecule has 0 atom stereocenters. The second kappa shape index (κ2) is 4.61. The molecule has 0 fully saturated rings. The molecule has 0 aliphatic rings. The van der Waals surface area contributed by atoms with E-state index in [1.807, 2.05) is 0 Å². The maximum Gasteiger partial charge on any atom is 0.244 e. The average molecular weight is 140 g/mol. The fraction of sp³-hybridized carbons (Fsp3) is 0.286. The van der Waals surface area contributed by atoms with Crippen LogP contribution in [0.5, 0.6) is 0 Å². The zero-order valence-corrected chi connectivity index (χ0v) is 6.22. The fourth-order valence-electron chi connectivity index (χ4n) is 0.371. The van der Waals surface area contributed by atoms with Crippen LogP contribution in [0.15, 0.2) is 23.9 Å². The number of nitrogens with one attached hydrogen (secondary N) is 1. The number of primary amides is 1. The Morgan fingerprint density at radius 2 is 2.20 bits per heavy atom. The standard InChI is InChI=1S/C7H12N2O/c1-6(7(8)10)4-3-5-9-2/h3-5,9H,1-2H3,(H2,8,10)/b5-3-,6-4+. The minimum atomic E-state index is -0.388. The van der Waals surface area contributed by atoms with Gasteiger partial charge in [0, 0.05) is 12.6 Å². The summed E-state index contributed by atoms with van der Waals surface area (Å²) in [5.74, 6) is -0.388. The molecule has 0 aromatic rings. The highest BCUT2D eigenvalue weighted by Crippen LogP contribution is 1.89. The van der Waals surface area contributed by atoms with Crippen LogP contribution in [0.3, 0.4) is 0 Å². The quantitative estimate of drug-likeness (QED) is 0.433. The Balaban J connectivity index is 3.92. The van der Waals surface area contributed by atoms with Crippen LogP contribution in [0.1, 0.15) is 6.92 Å². The van der Waals surface area contributed by atoms with Crippen LogP contribution in [-0.2, 0) is 4.79 Å². The predicted octanol–water partition coefficient (Wildman–Crippen LogP) is 0.151. The third kappa shape index (κ3) is 3.72. The zero-order chi connectivity index (χ0) is 7.98. The van der Waals surface area contributed by atoms with Crippen molar-refractivity contribution in [2.75, 3.05) is 7.05 Å². The first-order valence-corrected chi connectivity index (χ1v) is 2.99. The van der Waals surface area contributed by atoms with Crippen molar-refractivity contribution in [3.63, 3.8) is 0 Å². The number of nitrogens with two attached hydrogens (primary N) is 1. The summed E-state index contributed by atoms with van der Waals surface area (Å²) in [6.07, 6.45) is 5.09.